The second-order valence-electron chi connectivity index (χ2n) is 14.9. The quantitative estimate of drug-likeness (QED) is 0.0451. The summed E-state index contributed by atoms with van der Waals surface area (Å²) >= 11 is 0. The van der Waals surface area contributed by atoms with Gasteiger partial charge in [-0.25, -0.2) is 0 Å². The molecule has 0 bridgehead atoms. The van der Waals surface area contributed by atoms with Crippen LogP contribution in [0.2, 0.25) is 0 Å². The van der Waals surface area contributed by atoms with E-state index in [2.05, 4.69) is 13.8 Å². The van der Waals surface area contributed by atoms with Crippen molar-refractivity contribution < 1.29 is 15.0 Å². The van der Waals surface area contributed by atoms with Gasteiger partial charge in [-0.2, -0.15) is 0 Å². The second kappa shape index (κ2) is 38.1. The minimum atomic E-state index is -1.29. The number of rotatable bonds is 39. The van der Waals surface area contributed by atoms with E-state index in [1.54, 1.807) is 6.08 Å². The van der Waals surface area contributed by atoms with Gasteiger partial charge in [0.25, 0.3) is 0 Å². The van der Waals surface area contributed by atoms with Gasteiger partial charge in [0, 0.05) is 6.42 Å². The SMILES string of the molecule is CCCCCCCCCCCCC/C=C/C(O)C(N)C(O)C(=O)CCCCCCCCCCCCCCCCCCCCCCCC. The molecule has 0 saturated carbocycles. The van der Waals surface area contributed by atoms with Gasteiger partial charge in [0.1, 0.15) is 6.10 Å². The summed E-state index contributed by atoms with van der Waals surface area (Å²) in [5, 5.41) is 20.7. The largest absolute Gasteiger partial charge is 0.387 e. The lowest BCUT2D eigenvalue weighted by Crippen LogP contribution is -2.47. The first-order valence-corrected chi connectivity index (χ1v) is 21.4. The third kappa shape index (κ3) is 33.6. The number of hydrogen-bond donors (Lipinski definition) is 3. The molecule has 4 nitrogen and oxygen atoms in total. The Kier molecular flexibility index (Phi) is 37.5. The fourth-order valence-corrected chi connectivity index (χ4v) is 6.75. The molecule has 280 valence electrons. The predicted molar refractivity (Wildman–Crippen MR) is 207 cm³/mol. The van der Waals surface area contributed by atoms with Crippen LogP contribution in [0.4, 0.5) is 0 Å². The van der Waals surface area contributed by atoms with E-state index in [-0.39, 0.29) is 5.78 Å². The summed E-state index contributed by atoms with van der Waals surface area (Å²) in [5.41, 5.74) is 6.02. The van der Waals surface area contributed by atoms with E-state index in [1.165, 1.54) is 186 Å². The van der Waals surface area contributed by atoms with Crippen molar-refractivity contribution in [1.82, 2.24) is 0 Å². The summed E-state index contributed by atoms with van der Waals surface area (Å²) in [7, 11) is 0. The average Bonchev–Trinajstić information content (AvgIpc) is 3.08. The van der Waals surface area contributed by atoms with E-state index in [0.29, 0.717) is 6.42 Å². The van der Waals surface area contributed by atoms with Crippen LogP contribution in [0.15, 0.2) is 12.2 Å². The molecule has 3 unspecified atom stereocenters. The van der Waals surface area contributed by atoms with Crippen LogP contribution in [-0.2, 0) is 4.79 Å². The van der Waals surface area contributed by atoms with E-state index >= 15 is 0 Å². The van der Waals surface area contributed by atoms with Crippen LogP contribution in [-0.4, -0.2) is 34.2 Å². The van der Waals surface area contributed by atoms with Crippen LogP contribution in [0.5, 0.6) is 0 Å². The first-order chi connectivity index (χ1) is 23.0. The molecule has 3 atom stereocenters. The highest BCUT2D eigenvalue weighted by Crippen LogP contribution is 2.16. The summed E-state index contributed by atoms with van der Waals surface area (Å²) in [6.07, 6.45) is 46.6. The number of allylic oxidation sites excluding steroid dienone is 1. The van der Waals surface area contributed by atoms with Gasteiger partial charge in [-0.3, -0.25) is 4.79 Å². The van der Waals surface area contributed by atoms with Crippen molar-refractivity contribution in [3.05, 3.63) is 12.2 Å². The number of aliphatic hydroxyl groups excluding tert-OH is 2. The Balaban J connectivity index is 3.51. The first kappa shape index (κ1) is 46.3. The fourth-order valence-electron chi connectivity index (χ4n) is 6.75. The molecule has 0 heterocycles. The Morgan fingerprint density at radius 3 is 1.06 bits per heavy atom. The molecule has 0 fully saturated rings. The van der Waals surface area contributed by atoms with E-state index in [1.807, 2.05) is 6.08 Å². The predicted octanol–water partition coefficient (Wildman–Crippen LogP) is 12.9. The van der Waals surface area contributed by atoms with E-state index in [9.17, 15) is 15.0 Å². The number of nitrogens with two attached hydrogens (primary N) is 1. The van der Waals surface area contributed by atoms with Crippen molar-refractivity contribution in [2.45, 2.75) is 257 Å². The molecular formula is C43H85NO3. The van der Waals surface area contributed by atoms with Crippen LogP contribution in [0.3, 0.4) is 0 Å². The van der Waals surface area contributed by atoms with Gasteiger partial charge in [-0.1, -0.05) is 225 Å². The Morgan fingerprint density at radius 1 is 0.468 bits per heavy atom. The van der Waals surface area contributed by atoms with Gasteiger partial charge in [0.2, 0.25) is 0 Å². The van der Waals surface area contributed by atoms with Gasteiger partial charge in [0.15, 0.2) is 5.78 Å². The topological polar surface area (TPSA) is 83.6 Å². The van der Waals surface area contributed by atoms with E-state index < -0.39 is 18.2 Å². The lowest BCUT2D eigenvalue weighted by molar-refractivity contribution is -0.129. The van der Waals surface area contributed by atoms with Crippen LogP contribution in [0.1, 0.15) is 239 Å². The Hall–Kier alpha value is -0.710. The van der Waals surface area contributed by atoms with Gasteiger partial charge in [0.05, 0.1) is 12.1 Å². The van der Waals surface area contributed by atoms with Crippen LogP contribution in [0.25, 0.3) is 0 Å². The standard InChI is InChI=1S/C43H85NO3/c1-3-5-7-9-11-13-15-17-18-19-20-21-22-23-24-25-27-29-31-33-35-37-39-41(46)43(47)42(44)40(45)38-36-34-32-30-28-26-16-14-12-10-8-6-4-2/h36,38,40,42-43,45,47H,3-35,37,39,44H2,1-2H3/b38-36+. The Labute approximate surface area is 294 Å². The summed E-state index contributed by atoms with van der Waals surface area (Å²) in [6, 6.07) is -0.948. The maximum atomic E-state index is 12.4. The van der Waals surface area contributed by atoms with Crippen molar-refractivity contribution in [1.29, 1.82) is 0 Å². The normalized spacial score (nSPS) is 13.8. The maximum Gasteiger partial charge on any atom is 0.162 e. The van der Waals surface area contributed by atoms with Gasteiger partial charge >= 0.3 is 0 Å². The van der Waals surface area contributed by atoms with Gasteiger partial charge in [-0.05, 0) is 19.3 Å². The highest BCUT2D eigenvalue weighted by Gasteiger charge is 2.26. The minimum absolute atomic E-state index is 0.233. The smallest absolute Gasteiger partial charge is 0.162 e. The van der Waals surface area contributed by atoms with Crippen LogP contribution in [0, 0.1) is 0 Å². The summed E-state index contributed by atoms with van der Waals surface area (Å²) in [4.78, 5) is 12.4. The lowest BCUT2D eigenvalue weighted by atomic mass is 9.97. The van der Waals surface area contributed by atoms with Gasteiger partial charge in [-0.15, -0.1) is 0 Å². The van der Waals surface area contributed by atoms with Crippen molar-refractivity contribution >= 4 is 5.78 Å². The molecule has 0 radical (unpaired) electrons. The number of ketones is 1. The average molecular weight is 664 g/mol. The number of unbranched alkanes of at least 4 members (excludes halogenated alkanes) is 32. The first-order valence-electron chi connectivity index (χ1n) is 21.4. The molecule has 0 aromatic rings. The summed E-state index contributed by atoms with van der Waals surface area (Å²) in [5.74, 6) is -0.233. The molecule has 47 heavy (non-hydrogen) atoms. The number of carbonyl (C=O) groups is 1. The zero-order valence-electron chi connectivity index (χ0n) is 32.0. The monoisotopic (exact) mass is 664 g/mol. The molecule has 0 aliphatic heterocycles. The molecular weight excluding hydrogens is 578 g/mol. The maximum absolute atomic E-state index is 12.4. The zero-order valence-corrected chi connectivity index (χ0v) is 32.0. The van der Waals surface area contributed by atoms with Crippen LogP contribution < -0.4 is 5.73 Å². The molecule has 0 aromatic carbocycles. The third-order valence-electron chi connectivity index (χ3n) is 10.2. The second-order valence-corrected chi connectivity index (χ2v) is 14.9. The minimum Gasteiger partial charge on any atom is -0.387 e. The molecule has 4 heteroatoms. The highest BCUT2D eigenvalue weighted by molar-refractivity contribution is 5.83. The van der Waals surface area contributed by atoms with Crippen molar-refractivity contribution in [3.63, 3.8) is 0 Å². The van der Waals surface area contributed by atoms with Gasteiger partial charge < -0.3 is 15.9 Å². The Morgan fingerprint density at radius 2 is 0.745 bits per heavy atom. The molecule has 0 aliphatic carbocycles. The summed E-state index contributed by atoms with van der Waals surface area (Å²) < 4.78 is 0. The number of hydrogen-bond acceptors (Lipinski definition) is 4. The van der Waals surface area contributed by atoms with E-state index in [0.717, 1.165) is 32.1 Å². The fraction of sp³-hybridized carbons (Fsp3) is 0.930. The lowest BCUT2D eigenvalue weighted by Gasteiger charge is -2.21. The van der Waals surface area contributed by atoms with Crippen molar-refractivity contribution in [3.8, 4) is 0 Å². The summed E-state index contributed by atoms with van der Waals surface area (Å²) in [6.45, 7) is 4.55. The number of aliphatic hydroxyl groups is 2. The number of carbonyl (C=O) groups excluding carboxylic acids is 1. The van der Waals surface area contributed by atoms with Crippen molar-refractivity contribution in [2.24, 2.45) is 5.73 Å². The van der Waals surface area contributed by atoms with Crippen LogP contribution >= 0.6 is 0 Å². The molecule has 0 aromatic heterocycles. The van der Waals surface area contributed by atoms with E-state index in [4.69, 9.17) is 5.73 Å². The zero-order chi connectivity index (χ0) is 34.5. The highest BCUT2D eigenvalue weighted by atomic mass is 16.3. The molecule has 0 rings (SSSR count). The molecule has 0 saturated heterocycles. The third-order valence-corrected chi connectivity index (χ3v) is 10.2. The molecule has 0 amide bonds. The molecule has 0 aliphatic rings. The molecule has 0 spiro atoms. The number of Topliss-reactive ketones (excluding diaryl/α,β-unsaturated/α-hetero) is 1. The molecule has 4 N–H and O–H groups in total. The Bertz CT molecular complexity index is 651. The van der Waals surface area contributed by atoms with Crippen molar-refractivity contribution in [2.75, 3.05) is 0 Å².